The van der Waals surface area contributed by atoms with Crippen molar-refractivity contribution in [3.05, 3.63) is 0 Å². The van der Waals surface area contributed by atoms with E-state index in [4.69, 9.17) is 0 Å². The first-order valence-electron chi connectivity index (χ1n) is 6.52. The molecule has 2 rings (SSSR count). The summed E-state index contributed by atoms with van der Waals surface area (Å²) in [7, 11) is -3.32. The molecule has 1 amide bonds. The third-order valence-corrected chi connectivity index (χ3v) is 5.34. The van der Waals surface area contributed by atoms with E-state index in [2.05, 4.69) is 4.72 Å². The highest BCUT2D eigenvalue weighted by atomic mass is 32.2. The molecule has 0 radical (unpaired) electrons. The number of carbonyl (C=O) groups is 1. The number of rotatable bonds is 3. The molecule has 2 aliphatic heterocycles. The highest BCUT2D eigenvalue weighted by Gasteiger charge is 2.29. The Morgan fingerprint density at radius 1 is 1.11 bits per heavy atom. The highest BCUT2D eigenvalue weighted by Crippen LogP contribution is 2.15. The lowest BCUT2D eigenvalue weighted by molar-refractivity contribution is -0.129. The van der Waals surface area contributed by atoms with Gasteiger partial charge in [-0.05, 0) is 25.7 Å². The van der Waals surface area contributed by atoms with E-state index in [-0.39, 0.29) is 11.9 Å². The van der Waals surface area contributed by atoms with Crippen molar-refractivity contribution in [1.29, 1.82) is 0 Å². The molecule has 0 unspecified atom stereocenters. The number of piperidine rings is 1. The molecule has 0 spiro atoms. The lowest BCUT2D eigenvalue weighted by Gasteiger charge is -2.32. The summed E-state index contributed by atoms with van der Waals surface area (Å²) >= 11 is 0. The molecule has 7 heteroatoms. The van der Waals surface area contributed by atoms with Crippen LogP contribution in [0.1, 0.15) is 32.6 Å². The Morgan fingerprint density at radius 3 is 2.17 bits per heavy atom. The summed E-state index contributed by atoms with van der Waals surface area (Å²) in [6.07, 6.45) is 3.30. The second-order valence-corrected chi connectivity index (χ2v) is 6.71. The Kier molecular flexibility index (Phi) is 4.24. The van der Waals surface area contributed by atoms with E-state index in [0.29, 0.717) is 39.0 Å². The van der Waals surface area contributed by atoms with Crippen LogP contribution in [0.25, 0.3) is 0 Å². The number of nitrogens with one attached hydrogen (secondary N) is 1. The summed E-state index contributed by atoms with van der Waals surface area (Å²) in [6.45, 7) is 4.09. The topological polar surface area (TPSA) is 69.7 Å². The van der Waals surface area contributed by atoms with Gasteiger partial charge in [-0.3, -0.25) is 4.79 Å². The average Bonchev–Trinajstić information content (AvgIpc) is 2.83. The van der Waals surface area contributed by atoms with Gasteiger partial charge < -0.3 is 4.90 Å². The summed E-state index contributed by atoms with van der Waals surface area (Å²) in [5.41, 5.74) is 0. The molecule has 0 aromatic heterocycles. The van der Waals surface area contributed by atoms with E-state index >= 15 is 0 Å². The maximum Gasteiger partial charge on any atom is 0.279 e. The van der Waals surface area contributed by atoms with Gasteiger partial charge in [-0.25, -0.2) is 0 Å². The smallest absolute Gasteiger partial charge is 0.279 e. The van der Waals surface area contributed by atoms with Crippen LogP contribution in [0.5, 0.6) is 0 Å². The van der Waals surface area contributed by atoms with Gasteiger partial charge in [0.1, 0.15) is 0 Å². The number of likely N-dealkylation sites (tertiary alicyclic amines) is 1. The lowest BCUT2D eigenvalue weighted by atomic mass is 10.1. The first-order chi connectivity index (χ1) is 8.49. The predicted molar refractivity (Wildman–Crippen MR) is 68.1 cm³/mol. The van der Waals surface area contributed by atoms with Crippen molar-refractivity contribution in [3.8, 4) is 0 Å². The normalized spacial score (nSPS) is 23.5. The summed E-state index contributed by atoms with van der Waals surface area (Å²) in [5, 5.41) is 0. The molecule has 0 bridgehead atoms. The van der Waals surface area contributed by atoms with E-state index in [1.165, 1.54) is 4.31 Å². The Hall–Kier alpha value is -0.660. The van der Waals surface area contributed by atoms with Gasteiger partial charge in [0.05, 0.1) is 0 Å². The quantitative estimate of drug-likeness (QED) is 0.783. The molecule has 0 aliphatic carbocycles. The van der Waals surface area contributed by atoms with Crippen LogP contribution >= 0.6 is 0 Å². The van der Waals surface area contributed by atoms with Crippen molar-refractivity contribution in [2.75, 3.05) is 26.2 Å². The van der Waals surface area contributed by atoms with Crippen LogP contribution in [0.3, 0.4) is 0 Å². The van der Waals surface area contributed by atoms with Crippen molar-refractivity contribution < 1.29 is 13.2 Å². The highest BCUT2D eigenvalue weighted by molar-refractivity contribution is 7.87. The molecule has 0 saturated carbocycles. The fourth-order valence-electron chi connectivity index (χ4n) is 2.53. The SMILES string of the molecule is CC(=O)N1CCC(NS(=O)(=O)N2CCCC2)CC1. The maximum absolute atomic E-state index is 12.1. The molecule has 2 heterocycles. The van der Waals surface area contributed by atoms with Crippen LogP contribution < -0.4 is 4.72 Å². The van der Waals surface area contributed by atoms with E-state index in [1.54, 1.807) is 11.8 Å². The van der Waals surface area contributed by atoms with Crippen LogP contribution in [0, 0.1) is 0 Å². The summed E-state index contributed by atoms with van der Waals surface area (Å²) in [5.74, 6) is 0.0656. The maximum atomic E-state index is 12.1. The second kappa shape index (κ2) is 5.54. The molecular formula is C11H21N3O3S. The van der Waals surface area contributed by atoms with Crippen molar-refractivity contribution in [1.82, 2.24) is 13.9 Å². The van der Waals surface area contributed by atoms with E-state index in [9.17, 15) is 13.2 Å². The van der Waals surface area contributed by atoms with Crippen molar-refractivity contribution in [3.63, 3.8) is 0 Å². The average molecular weight is 275 g/mol. The van der Waals surface area contributed by atoms with Crippen LogP contribution in [-0.4, -0.2) is 55.8 Å². The minimum atomic E-state index is -3.32. The van der Waals surface area contributed by atoms with Crippen LogP contribution in [-0.2, 0) is 15.0 Å². The first-order valence-corrected chi connectivity index (χ1v) is 7.96. The van der Waals surface area contributed by atoms with E-state index < -0.39 is 10.2 Å². The van der Waals surface area contributed by atoms with Gasteiger partial charge in [-0.15, -0.1) is 0 Å². The van der Waals surface area contributed by atoms with Gasteiger partial charge in [0.15, 0.2) is 0 Å². The second-order valence-electron chi connectivity index (χ2n) is 5.01. The van der Waals surface area contributed by atoms with Gasteiger partial charge in [0, 0.05) is 39.1 Å². The fraction of sp³-hybridized carbons (Fsp3) is 0.909. The summed E-state index contributed by atoms with van der Waals surface area (Å²) in [4.78, 5) is 12.9. The van der Waals surface area contributed by atoms with E-state index in [0.717, 1.165) is 12.8 Å². The molecule has 2 fully saturated rings. The Labute approximate surface area is 109 Å². The van der Waals surface area contributed by atoms with Gasteiger partial charge >= 0.3 is 0 Å². The molecule has 6 nitrogen and oxygen atoms in total. The Balaban J connectivity index is 1.85. The summed E-state index contributed by atoms with van der Waals surface area (Å²) in [6, 6.07) is -0.0359. The molecule has 18 heavy (non-hydrogen) atoms. The molecule has 104 valence electrons. The van der Waals surface area contributed by atoms with Gasteiger partial charge in [0.2, 0.25) is 5.91 Å². The van der Waals surface area contributed by atoms with Gasteiger partial charge in [-0.2, -0.15) is 17.4 Å². The van der Waals surface area contributed by atoms with Crippen molar-refractivity contribution >= 4 is 16.1 Å². The number of amides is 1. The zero-order valence-electron chi connectivity index (χ0n) is 10.8. The van der Waals surface area contributed by atoms with Gasteiger partial charge in [0.25, 0.3) is 10.2 Å². The first kappa shape index (κ1) is 13.8. The third kappa shape index (κ3) is 3.21. The molecule has 1 N–H and O–H groups in total. The number of hydrogen-bond acceptors (Lipinski definition) is 3. The Morgan fingerprint density at radius 2 is 1.67 bits per heavy atom. The van der Waals surface area contributed by atoms with Crippen molar-refractivity contribution in [2.24, 2.45) is 0 Å². The fourth-order valence-corrected chi connectivity index (χ4v) is 4.07. The minimum absolute atomic E-state index is 0.0359. The molecule has 2 aliphatic rings. The molecule has 0 aromatic rings. The number of carbonyl (C=O) groups excluding carboxylic acids is 1. The van der Waals surface area contributed by atoms with Crippen LogP contribution in [0.15, 0.2) is 0 Å². The zero-order valence-corrected chi connectivity index (χ0v) is 11.6. The third-order valence-electron chi connectivity index (χ3n) is 3.66. The van der Waals surface area contributed by atoms with Crippen LogP contribution in [0.2, 0.25) is 0 Å². The summed E-state index contributed by atoms with van der Waals surface area (Å²) < 4.78 is 28.4. The number of nitrogens with zero attached hydrogens (tertiary/aromatic N) is 2. The molecule has 2 saturated heterocycles. The molecule has 0 aromatic carbocycles. The predicted octanol–water partition coefficient (Wildman–Crippen LogP) is -0.0725. The van der Waals surface area contributed by atoms with E-state index in [1.807, 2.05) is 0 Å². The standard InChI is InChI=1S/C11H21N3O3S/c1-10(15)13-8-4-11(5-9-13)12-18(16,17)14-6-2-3-7-14/h11-12H,2-9H2,1H3. The Bertz CT molecular complexity index is 396. The molecule has 0 atom stereocenters. The van der Waals surface area contributed by atoms with Crippen LogP contribution in [0.4, 0.5) is 0 Å². The monoisotopic (exact) mass is 275 g/mol. The number of hydrogen-bond donors (Lipinski definition) is 1. The molecular weight excluding hydrogens is 254 g/mol. The van der Waals surface area contributed by atoms with Crippen molar-refractivity contribution in [2.45, 2.75) is 38.6 Å². The largest absolute Gasteiger partial charge is 0.343 e. The van der Waals surface area contributed by atoms with Gasteiger partial charge in [-0.1, -0.05) is 0 Å². The lowest BCUT2D eigenvalue weighted by Crippen LogP contribution is -2.49. The minimum Gasteiger partial charge on any atom is -0.343 e. The zero-order chi connectivity index (χ0) is 13.2.